The van der Waals surface area contributed by atoms with Crippen LogP contribution in [0.2, 0.25) is 0 Å². The van der Waals surface area contributed by atoms with Crippen molar-refractivity contribution in [1.82, 2.24) is 5.43 Å². The number of ketones is 1. The number of aliphatic hydroxyl groups is 1. The van der Waals surface area contributed by atoms with Crippen molar-refractivity contribution >= 4 is 29.0 Å². The summed E-state index contributed by atoms with van der Waals surface area (Å²) in [6, 6.07) is 15.1. The van der Waals surface area contributed by atoms with Gasteiger partial charge in [0.1, 0.15) is 5.76 Å². The fourth-order valence-corrected chi connectivity index (χ4v) is 2.47. The number of amides is 2. The molecule has 6 heteroatoms. The summed E-state index contributed by atoms with van der Waals surface area (Å²) in [5.74, 6) is -0.434. The van der Waals surface area contributed by atoms with Gasteiger partial charge in [0.2, 0.25) is 0 Å². The van der Waals surface area contributed by atoms with E-state index >= 15 is 0 Å². The SMILES string of the molecule is CC(=NNC(=O)Nc1ccccc1)C1=C(O)c2ccccc2C1=O. The van der Waals surface area contributed by atoms with E-state index in [2.05, 4.69) is 15.8 Å². The Kier molecular flexibility index (Phi) is 4.11. The molecule has 2 aromatic rings. The van der Waals surface area contributed by atoms with Crippen LogP contribution in [0.25, 0.3) is 5.76 Å². The number of aliphatic hydroxyl groups excluding tert-OH is 1. The molecule has 0 radical (unpaired) electrons. The van der Waals surface area contributed by atoms with E-state index in [1.54, 1.807) is 55.5 Å². The van der Waals surface area contributed by atoms with Gasteiger partial charge in [0.25, 0.3) is 0 Å². The van der Waals surface area contributed by atoms with E-state index in [1.807, 2.05) is 6.07 Å². The van der Waals surface area contributed by atoms with Crippen LogP contribution in [0.1, 0.15) is 22.8 Å². The number of benzene rings is 2. The van der Waals surface area contributed by atoms with Crippen molar-refractivity contribution in [3.8, 4) is 0 Å². The summed E-state index contributed by atoms with van der Waals surface area (Å²) in [6.45, 7) is 1.55. The van der Waals surface area contributed by atoms with Crippen LogP contribution in [0.3, 0.4) is 0 Å². The van der Waals surface area contributed by atoms with Crippen LogP contribution >= 0.6 is 0 Å². The van der Waals surface area contributed by atoms with E-state index in [4.69, 9.17) is 0 Å². The zero-order chi connectivity index (χ0) is 17.1. The van der Waals surface area contributed by atoms with Gasteiger partial charge in [-0.3, -0.25) is 4.79 Å². The number of allylic oxidation sites excluding steroid dienone is 1. The summed E-state index contributed by atoms with van der Waals surface area (Å²) in [6.07, 6.45) is 0. The van der Waals surface area contributed by atoms with Crippen LogP contribution in [0.5, 0.6) is 0 Å². The lowest BCUT2D eigenvalue weighted by Crippen LogP contribution is -2.25. The molecule has 0 unspecified atom stereocenters. The quantitative estimate of drug-likeness (QED) is 0.598. The number of urea groups is 1. The van der Waals surface area contributed by atoms with Gasteiger partial charge in [-0.05, 0) is 19.1 Å². The molecule has 1 aliphatic carbocycles. The normalized spacial score (nSPS) is 13.7. The average Bonchev–Trinajstić information content (AvgIpc) is 2.85. The number of hydrogen-bond donors (Lipinski definition) is 3. The molecule has 2 aromatic carbocycles. The number of nitrogens with one attached hydrogen (secondary N) is 2. The number of Topliss-reactive ketones (excluding diaryl/α,β-unsaturated/α-hetero) is 1. The lowest BCUT2D eigenvalue weighted by molar-refractivity contribution is 0.104. The number of hydrazone groups is 1. The molecular weight excluding hydrogens is 306 g/mol. The molecule has 0 aromatic heterocycles. The maximum Gasteiger partial charge on any atom is 0.339 e. The van der Waals surface area contributed by atoms with Gasteiger partial charge in [0.15, 0.2) is 5.78 Å². The maximum absolute atomic E-state index is 12.4. The molecule has 0 heterocycles. The van der Waals surface area contributed by atoms with Crippen molar-refractivity contribution in [3.05, 3.63) is 71.3 Å². The van der Waals surface area contributed by atoms with Crippen molar-refractivity contribution in [2.45, 2.75) is 6.92 Å². The van der Waals surface area contributed by atoms with E-state index in [-0.39, 0.29) is 22.8 Å². The summed E-state index contributed by atoms with van der Waals surface area (Å²) in [7, 11) is 0. The number of rotatable bonds is 3. The number of anilines is 1. The summed E-state index contributed by atoms with van der Waals surface area (Å²) in [4.78, 5) is 24.2. The van der Waals surface area contributed by atoms with Crippen LogP contribution in [0.4, 0.5) is 10.5 Å². The molecule has 0 aliphatic heterocycles. The fraction of sp³-hybridized carbons (Fsp3) is 0.0556. The summed E-state index contributed by atoms with van der Waals surface area (Å²) >= 11 is 0. The Morgan fingerprint density at radius 2 is 1.62 bits per heavy atom. The molecule has 0 fully saturated rings. The average molecular weight is 321 g/mol. The minimum Gasteiger partial charge on any atom is -0.506 e. The van der Waals surface area contributed by atoms with Gasteiger partial charge >= 0.3 is 6.03 Å². The van der Waals surface area contributed by atoms with E-state index in [1.165, 1.54) is 0 Å². The fourth-order valence-electron chi connectivity index (χ4n) is 2.47. The number of carbonyl (C=O) groups excluding carboxylic acids is 2. The third-order valence-corrected chi connectivity index (χ3v) is 3.61. The number of hydrogen-bond acceptors (Lipinski definition) is 4. The van der Waals surface area contributed by atoms with E-state index in [9.17, 15) is 14.7 Å². The Morgan fingerprint density at radius 1 is 1.00 bits per heavy atom. The molecule has 0 bridgehead atoms. The molecule has 3 rings (SSSR count). The van der Waals surface area contributed by atoms with Crippen LogP contribution < -0.4 is 10.7 Å². The van der Waals surface area contributed by atoms with Crippen molar-refractivity contribution in [2.75, 3.05) is 5.32 Å². The summed E-state index contributed by atoms with van der Waals surface area (Å²) in [5, 5.41) is 16.7. The number of para-hydroxylation sites is 1. The molecule has 6 nitrogen and oxygen atoms in total. The predicted molar refractivity (Wildman–Crippen MR) is 92.0 cm³/mol. The van der Waals surface area contributed by atoms with Crippen LogP contribution in [-0.2, 0) is 0 Å². The molecular formula is C18H15N3O3. The predicted octanol–water partition coefficient (Wildman–Crippen LogP) is 3.35. The first-order valence-electron chi connectivity index (χ1n) is 7.32. The zero-order valence-corrected chi connectivity index (χ0v) is 12.9. The van der Waals surface area contributed by atoms with Crippen LogP contribution in [0, 0.1) is 0 Å². The second kappa shape index (κ2) is 6.37. The van der Waals surface area contributed by atoms with Gasteiger partial charge in [0, 0.05) is 16.8 Å². The highest BCUT2D eigenvalue weighted by Crippen LogP contribution is 2.31. The third-order valence-electron chi connectivity index (χ3n) is 3.61. The number of carbonyl (C=O) groups is 2. The lowest BCUT2D eigenvalue weighted by atomic mass is 10.1. The Morgan fingerprint density at radius 3 is 2.29 bits per heavy atom. The highest BCUT2D eigenvalue weighted by atomic mass is 16.3. The summed E-state index contributed by atoms with van der Waals surface area (Å²) in [5.41, 5.74) is 4.16. The van der Waals surface area contributed by atoms with Crippen LogP contribution in [-0.4, -0.2) is 22.6 Å². The standard InChI is InChI=1S/C18H15N3O3/c1-11(20-21-18(24)19-12-7-3-2-4-8-12)15-16(22)13-9-5-6-10-14(13)17(15)23/h2-10,22H,1H3,(H2,19,21,24). The van der Waals surface area contributed by atoms with Gasteiger partial charge < -0.3 is 10.4 Å². The minimum atomic E-state index is -0.538. The second-order valence-electron chi connectivity index (χ2n) is 5.23. The van der Waals surface area contributed by atoms with Crippen molar-refractivity contribution in [2.24, 2.45) is 5.10 Å². The molecule has 1 aliphatic rings. The Hall–Kier alpha value is -3.41. The minimum absolute atomic E-state index is 0.0937. The third kappa shape index (κ3) is 2.89. The Bertz CT molecular complexity index is 870. The van der Waals surface area contributed by atoms with E-state index < -0.39 is 6.03 Å². The van der Waals surface area contributed by atoms with Crippen molar-refractivity contribution in [3.63, 3.8) is 0 Å². The smallest absolute Gasteiger partial charge is 0.339 e. The molecule has 3 N–H and O–H groups in total. The first kappa shape index (κ1) is 15.5. The molecule has 0 saturated heterocycles. The van der Waals surface area contributed by atoms with Gasteiger partial charge in [0.05, 0.1) is 11.3 Å². The largest absolute Gasteiger partial charge is 0.506 e. The van der Waals surface area contributed by atoms with Crippen molar-refractivity contribution in [1.29, 1.82) is 0 Å². The first-order chi connectivity index (χ1) is 11.6. The molecule has 120 valence electrons. The zero-order valence-electron chi connectivity index (χ0n) is 12.9. The second-order valence-corrected chi connectivity index (χ2v) is 5.23. The van der Waals surface area contributed by atoms with Crippen LogP contribution in [0.15, 0.2) is 65.3 Å². The summed E-state index contributed by atoms with van der Waals surface area (Å²) < 4.78 is 0. The highest BCUT2D eigenvalue weighted by Gasteiger charge is 2.31. The molecule has 0 spiro atoms. The van der Waals surface area contributed by atoms with Gasteiger partial charge in [-0.15, -0.1) is 0 Å². The number of nitrogens with zero attached hydrogens (tertiary/aromatic N) is 1. The molecule has 24 heavy (non-hydrogen) atoms. The monoisotopic (exact) mass is 321 g/mol. The van der Waals surface area contributed by atoms with Gasteiger partial charge in [-0.1, -0.05) is 42.5 Å². The molecule has 2 amide bonds. The molecule has 0 atom stereocenters. The first-order valence-corrected chi connectivity index (χ1v) is 7.32. The Labute approximate surface area is 138 Å². The maximum atomic E-state index is 12.4. The Balaban J connectivity index is 1.74. The highest BCUT2D eigenvalue weighted by molar-refractivity contribution is 6.35. The van der Waals surface area contributed by atoms with E-state index in [0.29, 0.717) is 16.8 Å². The topological polar surface area (TPSA) is 90.8 Å². The lowest BCUT2D eigenvalue weighted by Gasteiger charge is -2.05. The van der Waals surface area contributed by atoms with E-state index in [0.717, 1.165) is 0 Å². The molecule has 0 saturated carbocycles. The van der Waals surface area contributed by atoms with Gasteiger partial charge in [-0.2, -0.15) is 5.10 Å². The number of fused-ring (bicyclic) bond motifs is 1. The van der Waals surface area contributed by atoms with Gasteiger partial charge in [-0.25, -0.2) is 10.2 Å². The van der Waals surface area contributed by atoms with Crippen molar-refractivity contribution < 1.29 is 14.7 Å².